The highest BCUT2D eigenvalue weighted by Gasteiger charge is 2.61. The number of anilines is 1. The summed E-state index contributed by atoms with van der Waals surface area (Å²) in [5.74, 6) is -2.07. The van der Waals surface area contributed by atoms with Crippen molar-refractivity contribution in [2.24, 2.45) is 0 Å². The van der Waals surface area contributed by atoms with Crippen molar-refractivity contribution < 1.29 is 33.3 Å². The number of rotatable bonds is 8. The van der Waals surface area contributed by atoms with Crippen LogP contribution in [-0.4, -0.2) is 52.5 Å². The molecule has 2 heterocycles. The van der Waals surface area contributed by atoms with Crippen LogP contribution < -0.4 is 5.73 Å². The number of aromatic amines is 1. The van der Waals surface area contributed by atoms with Crippen molar-refractivity contribution in [3.63, 3.8) is 0 Å². The lowest BCUT2D eigenvalue weighted by Crippen LogP contribution is -2.49. The predicted molar refractivity (Wildman–Crippen MR) is 162 cm³/mol. The Morgan fingerprint density at radius 2 is 1.36 bits per heavy atom. The molecule has 5 rings (SSSR count). The molecule has 3 N–H and O–H groups in total. The highest BCUT2D eigenvalue weighted by Crippen LogP contribution is 2.47. The number of aryl methyl sites for hydroxylation is 3. The standard InChI is InChI=1S/C34H32N4O7/c1-19-5-11-22(12-6-19)31(39)42-18-26-29(44-32(40)23-13-7-20(2)8-14-23)34(4,45-33(41)24-15-9-21(3)10-16-24)30(43-26)28-27(36)25(17-35)37-38-28/h5-16,26,29-30H,18,36H2,1-4H3,(H,37,38)/t26?,29-,30+,34-/m1/s1. The van der Waals surface area contributed by atoms with Crippen LogP contribution in [0.3, 0.4) is 0 Å². The van der Waals surface area contributed by atoms with Crippen LogP contribution in [-0.2, 0) is 18.9 Å². The van der Waals surface area contributed by atoms with E-state index in [2.05, 4.69) is 10.2 Å². The van der Waals surface area contributed by atoms with Crippen LogP contribution in [0.1, 0.15) is 72.2 Å². The number of aromatic nitrogens is 2. The van der Waals surface area contributed by atoms with Crippen LogP contribution in [0.25, 0.3) is 0 Å². The fourth-order valence-electron chi connectivity index (χ4n) is 5.09. The minimum atomic E-state index is -1.74. The maximum Gasteiger partial charge on any atom is 0.338 e. The van der Waals surface area contributed by atoms with E-state index in [0.717, 1.165) is 16.7 Å². The number of nitrogens with one attached hydrogen (secondary N) is 1. The summed E-state index contributed by atoms with van der Waals surface area (Å²) < 4.78 is 24.1. The smallest absolute Gasteiger partial charge is 0.338 e. The highest BCUT2D eigenvalue weighted by molar-refractivity contribution is 5.91. The van der Waals surface area contributed by atoms with Crippen LogP contribution in [0.5, 0.6) is 0 Å². The summed E-state index contributed by atoms with van der Waals surface area (Å²) in [5.41, 5.74) is 8.18. The number of H-pyrrole nitrogens is 1. The van der Waals surface area contributed by atoms with Gasteiger partial charge in [-0.25, -0.2) is 14.4 Å². The van der Waals surface area contributed by atoms with Gasteiger partial charge < -0.3 is 24.7 Å². The summed E-state index contributed by atoms with van der Waals surface area (Å²) in [6.45, 7) is 6.83. The lowest BCUT2D eigenvalue weighted by Gasteiger charge is -2.34. The predicted octanol–water partition coefficient (Wildman–Crippen LogP) is 4.93. The van der Waals surface area contributed by atoms with E-state index in [1.807, 2.05) is 26.8 Å². The van der Waals surface area contributed by atoms with Crippen molar-refractivity contribution in [2.45, 2.75) is 51.6 Å². The van der Waals surface area contributed by atoms with Gasteiger partial charge in [0.1, 0.15) is 24.9 Å². The van der Waals surface area contributed by atoms with Crippen molar-refractivity contribution >= 4 is 23.6 Å². The van der Waals surface area contributed by atoms with Gasteiger partial charge in [0.15, 0.2) is 17.4 Å². The van der Waals surface area contributed by atoms with Crippen LogP contribution in [0.2, 0.25) is 0 Å². The number of hydrogen-bond donors (Lipinski definition) is 2. The molecular weight excluding hydrogens is 576 g/mol. The van der Waals surface area contributed by atoms with Gasteiger partial charge in [-0.15, -0.1) is 0 Å². The summed E-state index contributed by atoms with van der Waals surface area (Å²) >= 11 is 0. The molecule has 0 bridgehead atoms. The Labute approximate surface area is 259 Å². The Morgan fingerprint density at radius 3 is 1.84 bits per heavy atom. The number of nitriles is 1. The third-order valence-electron chi connectivity index (χ3n) is 7.72. The number of nitrogens with two attached hydrogens (primary N) is 1. The molecule has 1 aliphatic heterocycles. The molecule has 11 heteroatoms. The normalized spacial score (nSPS) is 20.6. The van der Waals surface area contributed by atoms with Crippen LogP contribution in [0.4, 0.5) is 5.69 Å². The minimum Gasteiger partial charge on any atom is -0.459 e. The molecule has 1 saturated heterocycles. The van der Waals surface area contributed by atoms with Crippen molar-refractivity contribution in [1.29, 1.82) is 5.26 Å². The fourth-order valence-corrected chi connectivity index (χ4v) is 5.09. The third kappa shape index (κ3) is 6.41. The van der Waals surface area contributed by atoms with E-state index in [1.165, 1.54) is 6.92 Å². The Bertz CT molecular complexity index is 1760. The first kappa shape index (κ1) is 31.0. The zero-order valence-corrected chi connectivity index (χ0v) is 25.2. The van der Waals surface area contributed by atoms with E-state index in [4.69, 9.17) is 24.7 Å². The van der Waals surface area contributed by atoms with Gasteiger partial charge in [0.25, 0.3) is 0 Å². The molecule has 0 radical (unpaired) electrons. The summed E-state index contributed by atoms with van der Waals surface area (Å²) in [6.07, 6.45) is -3.63. The number of nitrogens with zero attached hydrogens (tertiary/aromatic N) is 2. The van der Waals surface area contributed by atoms with E-state index in [1.54, 1.807) is 72.8 Å². The minimum absolute atomic E-state index is 0.0268. The lowest BCUT2D eigenvalue weighted by molar-refractivity contribution is -0.0895. The molecule has 1 fully saturated rings. The zero-order valence-electron chi connectivity index (χ0n) is 25.2. The van der Waals surface area contributed by atoms with Gasteiger partial charge in [-0.2, -0.15) is 10.4 Å². The monoisotopic (exact) mass is 608 g/mol. The molecule has 0 amide bonds. The van der Waals surface area contributed by atoms with E-state index in [-0.39, 0.29) is 34.8 Å². The Morgan fingerprint density at radius 1 is 0.867 bits per heavy atom. The van der Waals surface area contributed by atoms with Gasteiger partial charge in [0.2, 0.25) is 0 Å². The van der Waals surface area contributed by atoms with E-state index < -0.39 is 41.8 Å². The fraction of sp³-hybridized carbons (Fsp3) is 0.265. The average molecular weight is 609 g/mol. The van der Waals surface area contributed by atoms with Crippen LogP contribution in [0.15, 0.2) is 72.8 Å². The molecule has 45 heavy (non-hydrogen) atoms. The number of ether oxygens (including phenoxy) is 4. The summed E-state index contributed by atoms with van der Waals surface area (Å²) in [6, 6.07) is 22.2. The Kier molecular flexibility index (Phi) is 8.70. The first-order valence-electron chi connectivity index (χ1n) is 14.2. The SMILES string of the molecule is Cc1ccc(C(=O)OCC2O[C@@H](c3[nH]nc(C#N)c3N)[C@](C)(OC(=O)c3ccc(C)cc3)[C@@H]2OC(=O)c2ccc(C)cc2)cc1. The van der Waals surface area contributed by atoms with Gasteiger partial charge in [-0.05, 0) is 64.1 Å². The largest absolute Gasteiger partial charge is 0.459 e. The second-order valence-electron chi connectivity index (χ2n) is 11.2. The molecule has 4 atom stereocenters. The Hall–Kier alpha value is -5.47. The Balaban J connectivity index is 1.54. The van der Waals surface area contributed by atoms with Crippen molar-refractivity contribution in [2.75, 3.05) is 12.3 Å². The maximum absolute atomic E-state index is 13.6. The van der Waals surface area contributed by atoms with Crippen LogP contribution >= 0.6 is 0 Å². The number of esters is 3. The maximum atomic E-state index is 13.6. The van der Waals surface area contributed by atoms with Gasteiger partial charge in [-0.3, -0.25) is 5.10 Å². The second-order valence-corrected chi connectivity index (χ2v) is 11.2. The van der Waals surface area contributed by atoms with Gasteiger partial charge >= 0.3 is 17.9 Å². The summed E-state index contributed by atoms with van der Waals surface area (Å²) in [5, 5.41) is 16.2. The van der Waals surface area contributed by atoms with Crippen molar-refractivity contribution in [1.82, 2.24) is 10.2 Å². The zero-order chi connectivity index (χ0) is 32.3. The van der Waals surface area contributed by atoms with E-state index >= 15 is 0 Å². The second kappa shape index (κ2) is 12.6. The molecule has 3 aromatic carbocycles. The number of nitrogen functional groups attached to an aromatic ring is 1. The summed E-state index contributed by atoms with van der Waals surface area (Å²) in [4.78, 5) is 40.0. The number of carbonyl (C=O) groups is 3. The van der Waals surface area contributed by atoms with Gasteiger partial charge in [0, 0.05) is 0 Å². The molecule has 4 aromatic rings. The molecule has 1 aliphatic rings. The molecule has 0 spiro atoms. The molecule has 0 saturated carbocycles. The van der Waals surface area contributed by atoms with Crippen molar-refractivity contribution in [3.8, 4) is 6.07 Å². The first-order valence-corrected chi connectivity index (χ1v) is 14.2. The third-order valence-corrected chi connectivity index (χ3v) is 7.72. The molecule has 11 nitrogen and oxygen atoms in total. The lowest BCUT2D eigenvalue weighted by atomic mass is 9.89. The molecule has 0 aliphatic carbocycles. The number of benzene rings is 3. The van der Waals surface area contributed by atoms with Gasteiger partial charge in [0.05, 0.1) is 28.1 Å². The number of hydrogen-bond acceptors (Lipinski definition) is 10. The molecule has 1 unspecified atom stereocenters. The van der Waals surface area contributed by atoms with E-state index in [9.17, 15) is 19.6 Å². The number of carbonyl (C=O) groups excluding carboxylic acids is 3. The quantitative estimate of drug-likeness (QED) is 0.207. The van der Waals surface area contributed by atoms with E-state index in [0.29, 0.717) is 5.56 Å². The van der Waals surface area contributed by atoms with Crippen molar-refractivity contribution in [3.05, 3.63) is 118 Å². The van der Waals surface area contributed by atoms with Gasteiger partial charge in [-0.1, -0.05) is 53.1 Å². The highest BCUT2D eigenvalue weighted by atomic mass is 16.7. The molecule has 230 valence electrons. The van der Waals surface area contributed by atoms with Crippen LogP contribution in [0, 0.1) is 32.1 Å². The summed E-state index contributed by atoms with van der Waals surface area (Å²) in [7, 11) is 0. The topological polar surface area (TPSA) is 167 Å². The first-order chi connectivity index (χ1) is 21.5. The average Bonchev–Trinajstić information content (AvgIpc) is 3.52. The molecular formula is C34H32N4O7. The molecule has 1 aromatic heterocycles.